The van der Waals surface area contributed by atoms with Crippen molar-refractivity contribution in [3.8, 4) is 5.88 Å². The molecular formula is C13H16F2N2O3. The molecule has 0 bridgehead atoms. The molecular weight excluding hydrogens is 270 g/mol. The summed E-state index contributed by atoms with van der Waals surface area (Å²) in [5.74, 6) is -0.421. The van der Waals surface area contributed by atoms with Gasteiger partial charge in [-0.3, -0.25) is 4.79 Å². The Kier molecular flexibility index (Phi) is 4.49. The van der Waals surface area contributed by atoms with Crippen molar-refractivity contribution in [3.63, 3.8) is 0 Å². The summed E-state index contributed by atoms with van der Waals surface area (Å²) < 4.78 is 28.8. The van der Waals surface area contributed by atoms with Crippen LogP contribution in [0.3, 0.4) is 0 Å². The molecule has 110 valence electrons. The quantitative estimate of drug-likeness (QED) is 0.828. The fourth-order valence-corrected chi connectivity index (χ4v) is 1.89. The van der Waals surface area contributed by atoms with Crippen LogP contribution < -0.4 is 10.1 Å². The van der Waals surface area contributed by atoms with Crippen molar-refractivity contribution in [3.05, 3.63) is 23.9 Å². The number of nitrogens with zero attached hydrogens (tertiary/aromatic N) is 1. The van der Waals surface area contributed by atoms with E-state index in [1.54, 1.807) is 0 Å². The second-order valence-electron chi connectivity index (χ2n) is 4.85. The zero-order valence-electron chi connectivity index (χ0n) is 10.8. The Morgan fingerprint density at radius 1 is 1.55 bits per heavy atom. The molecule has 20 heavy (non-hydrogen) atoms. The molecule has 1 heterocycles. The normalized spacial score (nSPS) is 16.6. The molecule has 1 aliphatic rings. The van der Waals surface area contributed by atoms with E-state index < -0.39 is 24.5 Å². The van der Waals surface area contributed by atoms with Gasteiger partial charge in [-0.2, -0.15) is 0 Å². The number of amides is 1. The van der Waals surface area contributed by atoms with Crippen molar-refractivity contribution in [1.29, 1.82) is 0 Å². The van der Waals surface area contributed by atoms with Crippen LogP contribution in [-0.4, -0.2) is 41.2 Å². The van der Waals surface area contributed by atoms with Crippen LogP contribution in [0.1, 0.15) is 29.6 Å². The fraction of sp³-hybridized carbons (Fsp3) is 0.538. The molecule has 1 amide bonds. The number of halogens is 2. The third-order valence-corrected chi connectivity index (χ3v) is 3.22. The lowest BCUT2D eigenvalue weighted by Gasteiger charge is -2.36. The number of carbonyl (C=O) groups excluding carboxylic acids is 1. The van der Waals surface area contributed by atoms with Gasteiger partial charge in [0.1, 0.15) is 0 Å². The number of hydrogen-bond acceptors (Lipinski definition) is 4. The molecule has 2 N–H and O–H groups in total. The molecule has 0 aromatic carbocycles. The van der Waals surface area contributed by atoms with Crippen LogP contribution in [0, 0.1) is 0 Å². The maximum atomic E-state index is 12.0. The Hall–Kier alpha value is -1.76. The van der Waals surface area contributed by atoms with Gasteiger partial charge in [0.15, 0.2) is 6.61 Å². The van der Waals surface area contributed by atoms with E-state index in [1.807, 2.05) is 0 Å². The maximum absolute atomic E-state index is 12.0. The first kappa shape index (κ1) is 14.6. The van der Waals surface area contributed by atoms with E-state index in [2.05, 4.69) is 10.3 Å². The molecule has 7 heteroatoms. The van der Waals surface area contributed by atoms with Crippen LogP contribution in [0.4, 0.5) is 8.78 Å². The Morgan fingerprint density at radius 2 is 2.30 bits per heavy atom. The molecule has 0 saturated heterocycles. The van der Waals surface area contributed by atoms with Gasteiger partial charge in [0.2, 0.25) is 5.88 Å². The van der Waals surface area contributed by atoms with Gasteiger partial charge in [-0.25, -0.2) is 13.8 Å². The molecule has 0 atom stereocenters. The lowest BCUT2D eigenvalue weighted by molar-refractivity contribution is -0.0300. The Bertz CT molecular complexity index is 478. The van der Waals surface area contributed by atoms with Gasteiger partial charge in [0, 0.05) is 24.4 Å². The van der Waals surface area contributed by atoms with Crippen molar-refractivity contribution in [2.45, 2.75) is 31.3 Å². The predicted octanol–water partition coefficient (Wildman–Crippen LogP) is 1.37. The second kappa shape index (κ2) is 6.13. The summed E-state index contributed by atoms with van der Waals surface area (Å²) in [5, 5.41) is 12.5. The van der Waals surface area contributed by atoms with Gasteiger partial charge in [-0.1, -0.05) is 0 Å². The number of aliphatic hydroxyl groups is 1. The summed E-state index contributed by atoms with van der Waals surface area (Å²) >= 11 is 0. The molecule has 1 aromatic heterocycles. The molecule has 2 rings (SSSR count). The summed E-state index contributed by atoms with van der Waals surface area (Å²) in [6, 6.07) is 2.75. The van der Waals surface area contributed by atoms with E-state index in [0.717, 1.165) is 6.42 Å². The first-order valence-electron chi connectivity index (χ1n) is 6.36. The number of hydrogen-bond donors (Lipinski definition) is 2. The van der Waals surface area contributed by atoms with Crippen molar-refractivity contribution in [2.24, 2.45) is 0 Å². The van der Waals surface area contributed by atoms with Crippen LogP contribution >= 0.6 is 0 Å². The number of pyridine rings is 1. The molecule has 5 nitrogen and oxygen atoms in total. The van der Waals surface area contributed by atoms with Crippen LogP contribution in [0.2, 0.25) is 0 Å². The van der Waals surface area contributed by atoms with Crippen molar-refractivity contribution >= 4 is 5.91 Å². The highest BCUT2D eigenvalue weighted by molar-refractivity contribution is 5.94. The van der Waals surface area contributed by atoms with Crippen LogP contribution in [0.25, 0.3) is 0 Å². The Balaban J connectivity index is 1.90. The monoisotopic (exact) mass is 286 g/mol. The number of ether oxygens (including phenoxy) is 1. The first-order chi connectivity index (χ1) is 9.48. The number of rotatable bonds is 6. The summed E-state index contributed by atoms with van der Waals surface area (Å²) in [4.78, 5) is 15.6. The van der Waals surface area contributed by atoms with Crippen molar-refractivity contribution in [1.82, 2.24) is 10.3 Å². The Morgan fingerprint density at radius 3 is 2.90 bits per heavy atom. The van der Waals surface area contributed by atoms with Crippen LogP contribution in [-0.2, 0) is 0 Å². The highest BCUT2D eigenvalue weighted by Crippen LogP contribution is 2.30. The predicted molar refractivity (Wildman–Crippen MR) is 66.9 cm³/mol. The third-order valence-electron chi connectivity index (χ3n) is 3.22. The topological polar surface area (TPSA) is 71.5 Å². The second-order valence-corrected chi connectivity index (χ2v) is 4.85. The van der Waals surface area contributed by atoms with E-state index >= 15 is 0 Å². The van der Waals surface area contributed by atoms with Gasteiger partial charge < -0.3 is 15.2 Å². The first-order valence-corrected chi connectivity index (χ1v) is 6.36. The summed E-state index contributed by atoms with van der Waals surface area (Å²) in [7, 11) is 0. The van der Waals surface area contributed by atoms with Crippen molar-refractivity contribution in [2.75, 3.05) is 13.2 Å². The molecule has 0 aliphatic heterocycles. The zero-order valence-corrected chi connectivity index (χ0v) is 10.8. The number of nitrogens with one attached hydrogen (secondary N) is 1. The van der Waals surface area contributed by atoms with E-state index in [-0.39, 0.29) is 18.0 Å². The van der Waals surface area contributed by atoms with Gasteiger partial charge in [0.25, 0.3) is 12.3 Å². The van der Waals surface area contributed by atoms with E-state index in [4.69, 9.17) is 4.74 Å². The van der Waals surface area contributed by atoms with Crippen LogP contribution in [0.15, 0.2) is 18.3 Å². The smallest absolute Gasteiger partial charge is 0.272 e. The standard InChI is InChI=1S/C13H16F2N2O3/c14-10(15)7-20-11-6-9(2-5-16-11)12(18)17-8-13(19)3-1-4-13/h2,5-6,10,19H,1,3-4,7-8H2,(H,17,18). The minimum Gasteiger partial charge on any atom is -0.472 e. The third kappa shape index (κ3) is 3.86. The molecule has 0 radical (unpaired) electrons. The molecule has 1 fully saturated rings. The molecule has 1 aromatic rings. The molecule has 1 aliphatic carbocycles. The SMILES string of the molecule is O=C(NCC1(O)CCC1)c1ccnc(OCC(F)F)c1. The largest absolute Gasteiger partial charge is 0.472 e. The zero-order chi connectivity index (χ0) is 14.6. The van der Waals surface area contributed by atoms with Gasteiger partial charge in [-0.05, 0) is 25.3 Å². The lowest BCUT2D eigenvalue weighted by atomic mass is 9.80. The average molecular weight is 286 g/mol. The minimum atomic E-state index is -2.60. The highest BCUT2D eigenvalue weighted by Gasteiger charge is 2.34. The number of carbonyl (C=O) groups is 1. The van der Waals surface area contributed by atoms with Crippen molar-refractivity contribution < 1.29 is 23.4 Å². The Labute approximate surface area is 115 Å². The number of aromatic nitrogens is 1. The van der Waals surface area contributed by atoms with Gasteiger partial charge in [0.05, 0.1) is 5.60 Å². The lowest BCUT2D eigenvalue weighted by Crippen LogP contribution is -2.47. The van der Waals surface area contributed by atoms with E-state index in [9.17, 15) is 18.7 Å². The van der Waals surface area contributed by atoms with Gasteiger partial charge in [-0.15, -0.1) is 0 Å². The fourth-order valence-electron chi connectivity index (χ4n) is 1.89. The minimum absolute atomic E-state index is 0.0275. The average Bonchev–Trinajstić information content (AvgIpc) is 2.40. The molecule has 1 saturated carbocycles. The van der Waals surface area contributed by atoms with Gasteiger partial charge >= 0.3 is 0 Å². The van der Waals surface area contributed by atoms with E-state index in [1.165, 1.54) is 18.3 Å². The highest BCUT2D eigenvalue weighted by atomic mass is 19.3. The molecule has 0 unspecified atom stereocenters. The molecule has 0 spiro atoms. The summed E-state index contributed by atoms with van der Waals surface area (Å²) in [6.07, 6.45) is 1.02. The summed E-state index contributed by atoms with van der Waals surface area (Å²) in [5.41, 5.74) is -0.551. The maximum Gasteiger partial charge on any atom is 0.272 e. The van der Waals surface area contributed by atoms with Crippen LogP contribution in [0.5, 0.6) is 5.88 Å². The number of alkyl halides is 2. The van der Waals surface area contributed by atoms with E-state index in [0.29, 0.717) is 12.8 Å². The summed E-state index contributed by atoms with van der Waals surface area (Å²) in [6.45, 7) is -0.584.